The number of nitrogens with zero attached hydrogens (tertiary/aromatic N) is 7. The first-order chi connectivity index (χ1) is 21.9. The fourth-order valence-electron chi connectivity index (χ4n) is 6.43. The van der Waals surface area contributed by atoms with E-state index in [1.807, 2.05) is 37.3 Å². The summed E-state index contributed by atoms with van der Waals surface area (Å²) in [6.07, 6.45) is 8.28. The second kappa shape index (κ2) is 12.1. The summed E-state index contributed by atoms with van der Waals surface area (Å²) < 4.78 is 20.9. The smallest absolute Gasteiger partial charge is 0.320 e. The lowest BCUT2D eigenvalue weighted by Gasteiger charge is -2.55. The minimum absolute atomic E-state index is 0.384. The first kappa shape index (κ1) is 29.3. The van der Waals surface area contributed by atoms with Crippen LogP contribution < -0.4 is 15.5 Å². The molecule has 45 heavy (non-hydrogen) atoms. The van der Waals surface area contributed by atoms with E-state index >= 15 is 0 Å². The lowest BCUT2D eigenvalue weighted by Crippen LogP contribution is -2.60. The molecule has 4 aromatic rings. The van der Waals surface area contributed by atoms with Gasteiger partial charge in [0.2, 0.25) is 11.9 Å². The molecule has 5 heterocycles. The molecule has 2 atom stereocenters. The van der Waals surface area contributed by atoms with Gasteiger partial charge in [0.1, 0.15) is 17.6 Å². The van der Waals surface area contributed by atoms with Crippen LogP contribution in [0.5, 0.6) is 0 Å². The van der Waals surface area contributed by atoms with Gasteiger partial charge in [-0.05, 0) is 49.6 Å². The first-order valence-electron chi connectivity index (χ1n) is 15.2. The lowest BCUT2D eigenvalue weighted by molar-refractivity contribution is -0.154. The number of carbonyl (C=O) groups is 1. The van der Waals surface area contributed by atoms with Crippen molar-refractivity contribution >= 4 is 17.8 Å². The summed E-state index contributed by atoms with van der Waals surface area (Å²) in [5.41, 5.74) is 4.03. The Morgan fingerprint density at radius 2 is 1.91 bits per heavy atom. The van der Waals surface area contributed by atoms with Crippen molar-refractivity contribution in [2.45, 2.75) is 38.3 Å². The van der Waals surface area contributed by atoms with E-state index in [0.717, 1.165) is 35.9 Å². The quantitative estimate of drug-likeness (QED) is 0.266. The maximum absolute atomic E-state index is 14.0. The number of para-hydroxylation sites is 1. The molecule has 2 saturated heterocycles. The van der Waals surface area contributed by atoms with Crippen LogP contribution in [0.25, 0.3) is 16.9 Å². The van der Waals surface area contributed by atoms with Crippen molar-refractivity contribution < 1.29 is 18.8 Å². The summed E-state index contributed by atoms with van der Waals surface area (Å²) in [4.78, 5) is 34.9. The average Bonchev–Trinajstić information content (AvgIpc) is 3.55. The van der Waals surface area contributed by atoms with Gasteiger partial charge in [0.15, 0.2) is 0 Å². The van der Waals surface area contributed by atoms with Gasteiger partial charge in [-0.2, -0.15) is 14.6 Å². The van der Waals surface area contributed by atoms with E-state index in [1.54, 1.807) is 35.3 Å². The molecule has 1 aromatic carbocycles. The summed E-state index contributed by atoms with van der Waals surface area (Å²) in [7, 11) is 1.61. The Hall–Kier alpha value is -4.46. The number of anilines is 2. The number of carbonyl (C=O) groups excluding carboxylic acids is 1. The number of benzene rings is 1. The zero-order chi connectivity index (χ0) is 31.0. The maximum atomic E-state index is 14.0. The number of pyridine rings is 1. The van der Waals surface area contributed by atoms with Gasteiger partial charge in [-0.25, -0.2) is 24.4 Å². The number of methoxy groups -OCH3 is 1. The number of aromatic nitrogens is 5. The number of hydrogen-bond donors (Lipinski definition) is 2. The van der Waals surface area contributed by atoms with Crippen molar-refractivity contribution in [1.29, 1.82) is 0 Å². The molecule has 13 heteroatoms. The van der Waals surface area contributed by atoms with Crippen LogP contribution in [-0.2, 0) is 9.57 Å². The number of hydrogen-bond acceptors (Lipinski definition) is 9. The van der Waals surface area contributed by atoms with Crippen molar-refractivity contribution in [3.05, 3.63) is 78.1 Å². The summed E-state index contributed by atoms with van der Waals surface area (Å²) in [5, 5.41) is 12.7. The van der Waals surface area contributed by atoms with Gasteiger partial charge in [-0.3, -0.25) is 10.2 Å². The summed E-state index contributed by atoms with van der Waals surface area (Å²) >= 11 is 0. The van der Waals surface area contributed by atoms with E-state index in [2.05, 4.69) is 30.5 Å². The first-order valence-corrected chi connectivity index (χ1v) is 15.2. The molecular weight excluding hydrogens is 577 g/mol. The standard InChI is InChI=1S/C32H36FN9O3/c1-21-27(23-16-35-30(36-17-23)40-19-32(20-40)10-6-11-32)39-42(24-7-4-3-5-8-24)29(21)38-31(43)37-25-18-41(13-14-44-2)45-28(25)22-9-12-34-26(33)15-22/h3-5,7-9,12,15-17,25,28H,6,10-11,13-14,18-20H2,1-2H3,(H2,37,38,43)/t25-,28+/m1/s1. The SMILES string of the molecule is COCCN1C[C@@H](NC(=O)Nc2c(C)c(-c3cnc(N4CC5(CCC5)C4)nc3)nn2-c2ccccc2)[C@H](c2ccnc(F)c2)O1. The molecule has 0 radical (unpaired) electrons. The minimum Gasteiger partial charge on any atom is -0.383 e. The molecule has 1 saturated carbocycles. The van der Waals surface area contributed by atoms with Crippen molar-refractivity contribution in [3.8, 4) is 16.9 Å². The Labute approximate surface area is 260 Å². The molecule has 2 amide bonds. The van der Waals surface area contributed by atoms with Gasteiger partial charge in [0.05, 0.1) is 18.3 Å². The van der Waals surface area contributed by atoms with Crippen LogP contribution in [0, 0.1) is 18.3 Å². The maximum Gasteiger partial charge on any atom is 0.320 e. The van der Waals surface area contributed by atoms with Crippen LogP contribution in [-0.4, -0.2) is 81.8 Å². The Kier molecular flexibility index (Phi) is 7.90. The molecular formula is C32H36FN9O3. The lowest BCUT2D eigenvalue weighted by atomic mass is 9.64. The Morgan fingerprint density at radius 3 is 2.60 bits per heavy atom. The van der Waals surface area contributed by atoms with E-state index in [0.29, 0.717) is 42.2 Å². The summed E-state index contributed by atoms with van der Waals surface area (Å²) in [6, 6.07) is 11.7. The van der Waals surface area contributed by atoms with Gasteiger partial charge in [0.25, 0.3) is 0 Å². The van der Waals surface area contributed by atoms with Gasteiger partial charge in [-0.1, -0.05) is 24.6 Å². The number of amides is 2. The fourth-order valence-corrected chi connectivity index (χ4v) is 6.43. The van der Waals surface area contributed by atoms with Crippen LogP contribution >= 0.6 is 0 Å². The number of halogens is 1. The normalized spacial score (nSPS) is 20.6. The van der Waals surface area contributed by atoms with E-state index in [9.17, 15) is 9.18 Å². The van der Waals surface area contributed by atoms with Gasteiger partial charge in [0, 0.05) is 68.4 Å². The molecule has 3 aromatic heterocycles. The van der Waals surface area contributed by atoms with Gasteiger partial charge >= 0.3 is 6.03 Å². The zero-order valence-corrected chi connectivity index (χ0v) is 25.3. The van der Waals surface area contributed by atoms with Crippen molar-refractivity contribution in [3.63, 3.8) is 0 Å². The Balaban J connectivity index is 1.12. The third-order valence-corrected chi connectivity index (χ3v) is 8.99. The minimum atomic E-state index is -0.617. The number of urea groups is 1. The highest BCUT2D eigenvalue weighted by molar-refractivity contribution is 5.91. The third-order valence-electron chi connectivity index (χ3n) is 8.99. The third kappa shape index (κ3) is 5.86. The zero-order valence-electron chi connectivity index (χ0n) is 25.3. The van der Waals surface area contributed by atoms with Crippen LogP contribution in [0.2, 0.25) is 0 Å². The molecule has 12 nitrogen and oxygen atoms in total. The van der Waals surface area contributed by atoms with E-state index in [-0.39, 0.29) is 0 Å². The number of nitrogens with one attached hydrogen (secondary N) is 2. The Bertz CT molecular complexity index is 1650. The monoisotopic (exact) mass is 613 g/mol. The van der Waals surface area contributed by atoms with Gasteiger partial charge in [-0.15, -0.1) is 0 Å². The highest BCUT2D eigenvalue weighted by Crippen LogP contribution is 2.48. The van der Waals surface area contributed by atoms with E-state index in [1.165, 1.54) is 31.5 Å². The van der Waals surface area contributed by atoms with Crippen LogP contribution in [0.4, 0.5) is 21.0 Å². The van der Waals surface area contributed by atoms with Crippen LogP contribution in [0.3, 0.4) is 0 Å². The highest BCUT2D eigenvalue weighted by Gasteiger charge is 2.48. The Morgan fingerprint density at radius 1 is 1.13 bits per heavy atom. The molecule has 0 bridgehead atoms. The predicted octanol–water partition coefficient (Wildman–Crippen LogP) is 4.29. The topological polar surface area (TPSA) is 123 Å². The van der Waals surface area contributed by atoms with E-state index < -0.39 is 24.1 Å². The highest BCUT2D eigenvalue weighted by atomic mass is 19.1. The second-order valence-corrected chi connectivity index (χ2v) is 12.1. The van der Waals surface area contributed by atoms with Gasteiger partial charge < -0.3 is 15.0 Å². The molecule has 234 valence electrons. The number of ether oxygens (including phenoxy) is 1. The molecule has 1 spiro atoms. The van der Waals surface area contributed by atoms with E-state index in [4.69, 9.17) is 14.7 Å². The average molecular weight is 614 g/mol. The summed E-state index contributed by atoms with van der Waals surface area (Å²) in [5.74, 6) is 0.624. The van der Waals surface area contributed by atoms with Crippen molar-refractivity contribution in [2.75, 3.05) is 50.1 Å². The predicted molar refractivity (Wildman–Crippen MR) is 165 cm³/mol. The largest absolute Gasteiger partial charge is 0.383 e. The number of rotatable bonds is 9. The molecule has 1 aliphatic carbocycles. The molecule has 3 fully saturated rings. The summed E-state index contributed by atoms with van der Waals surface area (Å²) in [6.45, 7) is 5.26. The fraction of sp³-hybridized carbons (Fsp3) is 0.406. The van der Waals surface area contributed by atoms with Crippen LogP contribution in [0.1, 0.15) is 36.5 Å². The molecule has 0 unspecified atom stereocenters. The molecule has 2 aliphatic heterocycles. The van der Waals surface area contributed by atoms with Crippen LogP contribution in [0.15, 0.2) is 61.1 Å². The molecule has 3 aliphatic rings. The van der Waals surface area contributed by atoms with Crippen molar-refractivity contribution in [2.24, 2.45) is 5.41 Å². The molecule has 2 N–H and O–H groups in total. The van der Waals surface area contributed by atoms with Crippen molar-refractivity contribution in [1.82, 2.24) is 35.1 Å². The number of hydroxylamine groups is 2. The molecule has 7 rings (SSSR count). The second-order valence-electron chi connectivity index (χ2n) is 12.1.